The molecule has 11 aromatic rings. The average molecular weight is 1070 g/mol. The van der Waals surface area contributed by atoms with E-state index in [1.54, 1.807) is 0 Å². The Bertz CT molecular complexity index is 3230. The van der Waals surface area contributed by atoms with E-state index in [1.807, 2.05) is 12.1 Å². The van der Waals surface area contributed by atoms with E-state index in [2.05, 4.69) is 282 Å². The van der Waals surface area contributed by atoms with Crippen LogP contribution in [0.3, 0.4) is 0 Å². The van der Waals surface area contributed by atoms with Gasteiger partial charge in [0.05, 0.1) is 0 Å². The number of aromatic nitrogens is 1. The number of para-hydroxylation sites is 3. The van der Waals surface area contributed by atoms with E-state index >= 15 is 0 Å². The summed E-state index contributed by atoms with van der Waals surface area (Å²) in [5, 5.41) is 15.3. The Balaban J connectivity index is 0.000000329. The fraction of sp³-hybridized carbons (Fsp3) is 0. The molecule has 1 radical (unpaired) electrons. The van der Waals surface area contributed by atoms with Gasteiger partial charge >= 0.3 is 0 Å². The molecular formula is C62H46AuN4Si-2. The predicted octanol–water partition coefficient (Wildman–Crippen LogP) is 12.2. The number of anilines is 2. The van der Waals surface area contributed by atoms with Gasteiger partial charge in [-0.15, -0.1) is 17.7 Å². The van der Waals surface area contributed by atoms with Crippen LogP contribution in [0.1, 0.15) is 5.56 Å². The first-order valence-corrected chi connectivity index (χ1v) is 24.7. The molecule has 0 amide bonds. The van der Waals surface area contributed by atoms with Crippen LogP contribution in [0.25, 0.3) is 44.1 Å². The summed E-state index contributed by atoms with van der Waals surface area (Å²) in [5.74, 6) is 0.860. The second kappa shape index (κ2) is 20.0. The number of benzene rings is 10. The maximum absolute atomic E-state index is 5.43. The van der Waals surface area contributed by atoms with Gasteiger partial charge in [-0.2, -0.15) is 5.10 Å². The molecule has 2 heterocycles. The fourth-order valence-electron chi connectivity index (χ4n) is 9.59. The van der Waals surface area contributed by atoms with Crippen molar-refractivity contribution in [1.29, 1.82) is 0 Å². The summed E-state index contributed by atoms with van der Waals surface area (Å²) >= 11 is 0. The smallest absolute Gasteiger partial charge is 0.179 e. The molecule has 0 unspecified atom stereocenters. The number of hydrogen-bond acceptors (Lipinski definition) is 3. The Labute approximate surface area is 415 Å². The number of rotatable bonds is 9. The van der Waals surface area contributed by atoms with Gasteiger partial charge in [0.15, 0.2) is 8.07 Å². The van der Waals surface area contributed by atoms with Crippen LogP contribution in [0.15, 0.2) is 278 Å². The third kappa shape index (κ3) is 8.45. The van der Waals surface area contributed by atoms with E-state index in [-0.39, 0.29) is 22.4 Å². The third-order valence-corrected chi connectivity index (χ3v) is 17.4. The molecule has 1 aliphatic heterocycles. The first kappa shape index (κ1) is 44.1. The van der Waals surface area contributed by atoms with Crippen LogP contribution in [-0.4, -0.2) is 13.9 Å². The molecule has 331 valence electrons. The SMILES string of the molecule is [Au].c1ccc(C2=NN(c3cccc([Si](c4ccccc4)(c4ccccc4)c4ccccc4)c3)[CH-]N2c2c(-c3ccccc3)cccc2-c2ccccc2)cc1.c1ccc2c(c1)[n-]c1ccccc12. The summed E-state index contributed by atoms with van der Waals surface area (Å²) in [4.78, 5) is 6.80. The Morgan fingerprint density at radius 1 is 0.368 bits per heavy atom. The second-order valence-electron chi connectivity index (χ2n) is 16.6. The molecule has 0 aliphatic carbocycles. The van der Waals surface area contributed by atoms with Crippen molar-refractivity contribution in [1.82, 2.24) is 4.98 Å². The molecule has 0 fully saturated rings. The van der Waals surface area contributed by atoms with Crippen molar-refractivity contribution >= 4 is 67.8 Å². The number of hydrazone groups is 1. The van der Waals surface area contributed by atoms with Gasteiger partial charge < -0.3 is 14.9 Å². The Morgan fingerprint density at radius 3 is 1.22 bits per heavy atom. The van der Waals surface area contributed by atoms with E-state index in [9.17, 15) is 0 Å². The van der Waals surface area contributed by atoms with Crippen molar-refractivity contribution in [2.45, 2.75) is 0 Å². The van der Waals surface area contributed by atoms with Gasteiger partial charge in [0.1, 0.15) is 5.84 Å². The topological polar surface area (TPSA) is 32.9 Å². The van der Waals surface area contributed by atoms with Gasteiger partial charge in [-0.25, -0.2) is 0 Å². The van der Waals surface area contributed by atoms with Gasteiger partial charge in [-0.05, 0) is 54.8 Å². The molecule has 0 saturated heterocycles. The van der Waals surface area contributed by atoms with Crippen molar-refractivity contribution in [3.8, 4) is 22.3 Å². The predicted molar refractivity (Wildman–Crippen MR) is 284 cm³/mol. The molecule has 1 aliphatic rings. The van der Waals surface area contributed by atoms with E-state index in [4.69, 9.17) is 5.10 Å². The first-order chi connectivity index (χ1) is 33.3. The van der Waals surface area contributed by atoms with Crippen molar-refractivity contribution in [3.05, 3.63) is 285 Å². The second-order valence-corrected chi connectivity index (χ2v) is 20.4. The number of hydrogen-bond donors (Lipinski definition) is 0. The van der Waals surface area contributed by atoms with Crippen LogP contribution in [0.5, 0.6) is 0 Å². The summed E-state index contributed by atoms with van der Waals surface area (Å²) < 4.78 is 0. The molecule has 4 nitrogen and oxygen atoms in total. The molecule has 1 aromatic heterocycles. The minimum Gasteiger partial charge on any atom is -0.657 e. The number of fused-ring (bicyclic) bond motifs is 3. The van der Waals surface area contributed by atoms with Gasteiger partial charge in [0.2, 0.25) is 0 Å². The van der Waals surface area contributed by atoms with E-state index in [0.717, 1.165) is 56.1 Å². The normalized spacial score (nSPS) is 12.3. The monoisotopic (exact) mass is 1070 g/mol. The van der Waals surface area contributed by atoms with Gasteiger partial charge in [0, 0.05) is 50.4 Å². The summed E-state index contributed by atoms with van der Waals surface area (Å²) in [7, 11) is -2.75. The Hall–Kier alpha value is -7.77. The van der Waals surface area contributed by atoms with Gasteiger partial charge in [-0.3, -0.25) is 0 Å². The molecule has 12 rings (SSSR count). The quantitative estimate of drug-likeness (QED) is 0.0820. The standard InChI is InChI=1S/C50H38N3Si.C12H8N.Au/c1-7-21-39(22-8-1)47-35-20-36-48(40-23-9-2-10-24-40)49(47)52-38-53(51-50(52)41-25-11-3-12-26-41)42-27-19-34-46(37-42)54(43-28-13-4-14-29-43,44-30-15-5-16-31-44)45-32-17-6-18-33-45;1-3-7-11-9(5-1)10-6-2-4-8-12(10)13-11;/h1-38H;1-8H;/q2*-1;. The summed E-state index contributed by atoms with van der Waals surface area (Å²) in [6, 6.07) is 97.1. The van der Waals surface area contributed by atoms with Gasteiger partial charge in [0.25, 0.3) is 0 Å². The van der Waals surface area contributed by atoms with Crippen LogP contribution >= 0.6 is 0 Å². The minimum atomic E-state index is -2.75. The fourth-order valence-corrected chi connectivity index (χ4v) is 14.4. The molecule has 0 spiro atoms. The molecule has 68 heavy (non-hydrogen) atoms. The van der Waals surface area contributed by atoms with Gasteiger partial charge in [-0.1, -0.05) is 261 Å². The maximum atomic E-state index is 5.43. The number of nitrogens with zero attached hydrogens (tertiary/aromatic N) is 4. The van der Waals surface area contributed by atoms with E-state index in [1.165, 1.54) is 31.5 Å². The molecule has 0 bridgehead atoms. The van der Waals surface area contributed by atoms with Crippen LogP contribution in [0.4, 0.5) is 11.4 Å². The Kier molecular flexibility index (Phi) is 13.0. The average Bonchev–Trinajstić information content (AvgIpc) is 4.04. The van der Waals surface area contributed by atoms with E-state index < -0.39 is 8.07 Å². The van der Waals surface area contributed by atoms with Crippen LogP contribution < -0.4 is 35.6 Å². The third-order valence-electron chi connectivity index (χ3n) is 12.6. The van der Waals surface area contributed by atoms with Crippen molar-refractivity contribution in [2.75, 3.05) is 9.91 Å². The van der Waals surface area contributed by atoms with Crippen LogP contribution in [0, 0.1) is 6.67 Å². The van der Waals surface area contributed by atoms with Crippen LogP contribution in [-0.2, 0) is 22.4 Å². The summed E-state index contributed by atoms with van der Waals surface area (Å²) in [5.41, 5.74) is 9.86. The van der Waals surface area contributed by atoms with Crippen molar-refractivity contribution in [3.63, 3.8) is 0 Å². The molecule has 10 aromatic carbocycles. The largest absolute Gasteiger partial charge is 0.657 e. The molecular weight excluding hydrogens is 1030 g/mol. The zero-order valence-electron chi connectivity index (χ0n) is 37.1. The summed E-state index contributed by atoms with van der Waals surface area (Å²) in [6.07, 6.45) is 0. The first-order valence-electron chi connectivity index (χ1n) is 22.7. The van der Waals surface area contributed by atoms with Crippen LogP contribution in [0.2, 0.25) is 0 Å². The maximum Gasteiger partial charge on any atom is 0.179 e. The number of amidine groups is 1. The minimum absolute atomic E-state index is 0. The van der Waals surface area contributed by atoms with E-state index in [0.29, 0.717) is 0 Å². The molecule has 0 atom stereocenters. The van der Waals surface area contributed by atoms with Crippen molar-refractivity contribution < 1.29 is 22.4 Å². The molecule has 0 N–H and O–H groups in total. The zero-order valence-corrected chi connectivity index (χ0v) is 40.3. The summed E-state index contributed by atoms with van der Waals surface area (Å²) in [6.45, 7) is 2.16. The molecule has 6 heteroatoms. The Morgan fingerprint density at radius 2 is 0.750 bits per heavy atom. The molecule has 0 saturated carbocycles. The van der Waals surface area contributed by atoms with Crippen molar-refractivity contribution in [2.24, 2.45) is 5.10 Å². The zero-order chi connectivity index (χ0) is 44.8.